The second-order valence-corrected chi connectivity index (χ2v) is 9.49. The molecule has 0 radical (unpaired) electrons. The molecular formula is C20H20N8O2S3. The molecule has 0 aliphatic rings. The van der Waals surface area contributed by atoms with Crippen LogP contribution in [-0.4, -0.2) is 48.2 Å². The molecule has 0 unspecified atom stereocenters. The zero-order valence-electron chi connectivity index (χ0n) is 17.8. The summed E-state index contributed by atoms with van der Waals surface area (Å²) in [6.45, 7) is 2.68. The van der Waals surface area contributed by atoms with Crippen LogP contribution >= 0.6 is 35.1 Å². The highest BCUT2D eigenvalue weighted by atomic mass is 32.2. The number of pyridine rings is 1. The maximum Gasteiger partial charge on any atom is 0.277 e. The van der Waals surface area contributed by atoms with Gasteiger partial charge in [-0.05, 0) is 55.1 Å². The predicted octanol–water partition coefficient (Wildman–Crippen LogP) is 3.26. The van der Waals surface area contributed by atoms with Gasteiger partial charge < -0.3 is 15.0 Å². The van der Waals surface area contributed by atoms with Crippen LogP contribution in [0.15, 0.2) is 62.7 Å². The smallest absolute Gasteiger partial charge is 0.277 e. The summed E-state index contributed by atoms with van der Waals surface area (Å²) in [5, 5.41) is 12.5. The van der Waals surface area contributed by atoms with E-state index < -0.39 is 0 Å². The molecule has 13 heteroatoms. The van der Waals surface area contributed by atoms with Gasteiger partial charge in [0, 0.05) is 34.9 Å². The van der Waals surface area contributed by atoms with Crippen molar-refractivity contribution in [1.82, 2.24) is 29.1 Å². The van der Waals surface area contributed by atoms with E-state index in [-0.39, 0.29) is 11.6 Å². The molecule has 1 amide bonds. The molecule has 0 aliphatic heterocycles. The molecule has 3 aromatic heterocycles. The van der Waals surface area contributed by atoms with E-state index in [1.54, 1.807) is 17.8 Å². The molecule has 0 fully saturated rings. The van der Waals surface area contributed by atoms with Crippen LogP contribution in [-0.2, 0) is 7.05 Å². The van der Waals surface area contributed by atoms with E-state index in [4.69, 9.17) is 10.5 Å². The lowest BCUT2D eigenvalue weighted by atomic mass is 10.3. The van der Waals surface area contributed by atoms with Crippen molar-refractivity contribution in [2.45, 2.75) is 26.9 Å². The number of anilines is 1. The number of nitrogens with one attached hydrogen (secondary N) is 1. The van der Waals surface area contributed by atoms with E-state index in [0.717, 1.165) is 22.2 Å². The standard InChI is InChI=1S/C20H20N8O2S3/c1-12-23-19(33-27-12)25-18(29)17-15(31-14-5-3-13(4-6-14)30-10-9-21)7-8-16(24-17)32-20-26-22-11-28(20)2/h3-8,11H,9-10,21H2,1-2H3,(H,23,25,27,29). The largest absolute Gasteiger partial charge is 0.492 e. The third-order valence-electron chi connectivity index (χ3n) is 4.10. The SMILES string of the molecule is Cc1nsc(NC(=O)c2nc(Sc3nncn3C)ccc2Sc2ccc(OCCN)cc2)n1. The molecule has 0 atom stereocenters. The summed E-state index contributed by atoms with van der Waals surface area (Å²) < 4.78 is 11.4. The predicted molar refractivity (Wildman–Crippen MR) is 127 cm³/mol. The first-order valence-electron chi connectivity index (χ1n) is 9.77. The minimum atomic E-state index is -0.364. The quantitative estimate of drug-likeness (QED) is 0.353. The van der Waals surface area contributed by atoms with Crippen molar-refractivity contribution in [1.29, 1.82) is 0 Å². The number of benzene rings is 1. The van der Waals surface area contributed by atoms with Crippen LogP contribution < -0.4 is 15.8 Å². The number of aryl methyl sites for hydroxylation is 2. The van der Waals surface area contributed by atoms with E-state index in [1.807, 2.05) is 43.4 Å². The maximum absolute atomic E-state index is 13.1. The van der Waals surface area contributed by atoms with Gasteiger partial charge in [0.25, 0.3) is 5.91 Å². The van der Waals surface area contributed by atoms with E-state index >= 15 is 0 Å². The third-order valence-corrected chi connectivity index (χ3v) is 6.87. The molecule has 4 aromatic rings. The number of carbonyl (C=O) groups excluding carboxylic acids is 1. The molecule has 3 N–H and O–H groups in total. The number of ether oxygens (including phenoxy) is 1. The fraction of sp³-hybridized carbons (Fsp3) is 0.200. The Kier molecular flexibility index (Phi) is 7.54. The van der Waals surface area contributed by atoms with E-state index in [2.05, 4.69) is 29.9 Å². The molecule has 0 aliphatic carbocycles. The Morgan fingerprint density at radius 3 is 2.67 bits per heavy atom. The lowest BCUT2D eigenvalue weighted by Gasteiger charge is -2.10. The molecule has 4 rings (SSSR count). The van der Waals surface area contributed by atoms with Gasteiger partial charge in [-0.3, -0.25) is 10.1 Å². The summed E-state index contributed by atoms with van der Waals surface area (Å²) in [5.74, 6) is 0.973. The minimum absolute atomic E-state index is 0.281. The summed E-state index contributed by atoms with van der Waals surface area (Å²) in [7, 11) is 1.85. The van der Waals surface area contributed by atoms with Crippen LogP contribution in [0.25, 0.3) is 0 Å². The van der Waals surface area contributed by atoms with Crippen LogP contribution in [0.2, 0.25) is 0 Å². The van der Waals surface area contributed by atoms with Crippen LogP contribution in [0.5, 0.6) is 5.75 Å². The number of amides is 1. The molecule has 3 heterocycles. The van der Waals surface area contributed by atoms with Gasteiger partial charge in [0.1, 0.15) is 35.2 Å². The zero-order chi connectivity index (χ0) is 23.2. The zero-order valence-corrected chi connectivity index (χ0v) is 20.2. The van der Waals surface area contributed by atoms with Crippen LogP contribution in [0, 0.1) is 6.92 Å². The van der Waals surface area contributed by atoms with Gasteiger partial charge in [0.2, 0.25) is 5.13 Å². The van der Waals surface area contributed by atoms with Crippen LogP contribution in [0.4, 0.5) is 5.13 Å². The van der Waals surface area contributed by atoms with Crippen molar-refractivity contribution in [3.05, 3.63) is 54.2 Å². The summed E-state index contributed by atoms with van der Waals surface area (Å²) in [6.07, 6.45) is 1.61. The first-order valence-corrected chi connectivity index (χ1v) is 12.2. The normalized spacial score (nSPS) is 10.9. The fourth-order valence-electron chi connectivity index (χ4n) is 2.60. The fourth-order valence-corrected chi connectivity index (χ4v) is 4.81. The Morgan fingerprint density at radius 1 is 1.18 bits per heavy atom. The number of aromatic nitrogens is 6. The Hall–Kier alpha value is -3.00. The summed E-state index contributed by atoms with van der Waals surface area (Å²) >= 11 is 3.88. The highest BCUT2D eigenvalue weighted by Gasteiger charge is 2.18. The van der Waals surface area contributed by atoms with Crippen molar-refractivity contribution in [3.8, 4) is 5.75 Å². The van der Waals surface area contributed by atoms with Crippen molar-refractivity contribution < 1.29 is 9.53 Å². The van der Waals surface area contributed by atoms with Crippen LogP contribution in [0.3, 0.4) is 0 Å². The molecule has 0 bridgehead atoms. The molecule has 33 heavy (non-hydrogen) atoms. The Morgan fingerprint density at radius 2 is 2.00 bits per heavy atom. The maximum atomic E-state index is 13.1. The summed E-state index contributed by atoms with van der Waals surface area (Å²) in [5.41, 5.74) is 5.76. The van der Waals surface area contributed by atoms with Crippen molar-refractivity contribution in [3.63, 3.8) is 0 Å². The molecular weight excluding hydrogens is 480 g/mol. The van der Waals surface area contributed by atoms with Gasteiger partial charge in [-0.15, -0.1) is 10.2 Å². The average molecular weight is 501 g/mol. The highest BCUT2D eigenvalue weighted by Crippen LogP contribution is 2.34. The number of hydrogen-bond acceptors (Lipinski definition) is 11. The topological polar surface area (TPSA) is 134 Å². The number of hydrogen-bond donors (Lipinski definition) is 2. The Labute approximate surface area is 202 Å². The van der Waals surface area contributed by atoms with Crippen molar-refractivity contribution >= 4 is 46.1 Å². The van der Waals surface area contributed by atoms with Gasteiger partial charge in [0.05, 0.1) is 0 Å². The molecule has 0 saturated heterocycles. The molecule has 0 saturated carbocycles. The number of nitrogens with zero attached hydrogens (tertiary/aromatic N) is 6. The monoisotopic (exact) mass is 500 g/mol. The minimum Gasteiger partial charge on any atom is -0.492 e. The highest BCUT2D eigenvalue weighted by molar-refractivity contribution is 7.99. The van der Waals surface area contributed by atoms with E-state index in [9.17, 15) is 4.79 Å². The first-order chi connectivity index (χ1) is 16.0. The average Bonchev–Trinajstić information content (AvgIpc) is 3.41. The van der Waals surface area contributed by atoms with E-state index in [1.165, 1.54) is 23.5 Å². The lowest BCUT2D eigenvalue weighted by molar-refractivity contribution is 0.101. The van der Waals surface area contributed by atoms with Crippen molar-refractivity contribution in [2.24, 2.45) is 12.8 Å². The number of nitrogens with two attached hydrogens (primary N) is 1. The molecule has 1 aromatic carbocycles. The first kappa shape index (κ1) is 23.2. The molecule has 0 spiro atoms. The Bertz CT molecular complexity index is 1240. The van der Waals surface area contributed by atoms with Gasteiger partial charge in [-0.2, -0.15) is 4.37 Å². The second-order valence-electron chi connectivity index (χ2n) is 6.63. The van der Waals surface area contributed by atoms with Crippen LogP contribution in [0.1, 0.15) is 16.3 Å². The van der Waals surface area contributed by atoms with Gasteiger partial charge >= 0.3 is 0 Å². The van der Waals surface area contributed by atoms with Gasteiger partial charge in [-0.25, -0.2) is 9.97 Å². The summed E-state index contributed by atoms with van der Waals surface area (Å²) in [6, 6.07) is 11.3. The van der Waals surface area contributed by atoms with Crippen molar-refractivity contribution in [2.75, 3.05) is 18.5 Å². The number of rotatable bonds is 9. The second kappa shape index (κ2) is 10.7. The lowest BCUT2D eigenvalue weighted by Crippen LogP contribution is -2.15. The molecule has 10 nitrogen and oxygen atoms in total. The van der Waals surface area contributed by atoms with Gasteiger partial charge in [0.15, 0.2) is 5.16 Å². The summed E-state index contributed by atoms with van der Waals surface area (Å²) in [4.78, 5) is 23.6. The van der Waals surface area contributed by atoms with Gasteiger partial charge in [-0.1, -0.05) is 11.8 Å². The molecule has 170 valence electrons. The number of carbonyl (C=O) groups is 1. The Balaban J connectivity index is 1.60. The third kappa shape index (κ3) is 6.07. The van der Waals surface area contributed by atoms with E-state index in [0.29, 0.717) is 39.2 Å².